The van der Waals surface area contributed by atoms with E-state index in [1.165, 1.54) is 0 Å². The second-order valence-corrected chi connectivity index (χ2v) is 8.44. The van der Waals surface area contributed by atoms with Crippen molar-refractivity contribution in [3.63, 3.8) is 0 Å². The Morgan fingerprint density at radius 3 is 2.68 bits per heavy atom. The molecule has 4 atom stereocenters. The second-order valence-electron chi connectivity index (χ2n) is 8.44. The van der Waals surface area contributed by atoms with Gasteiger partial charge in [-0.15, -0.1) is 0 Å². The fourth-order valence-electron chi connectivity index (χ4n) is 4.29. The minimum atomic E-state index is -4.46. The van der Waals surface area contributed by atoms with E-state index in [4.69, 9.17) is 14.2 Å². The van der Waals surface area contributed by atoms with Crippen LogP contribution in [0.25, 0.3) is 0 Å². The molecule has 0 bridgehead atoms. The number of carbonyl (C=O) groups is 2. The van der Waals surface area contributed by atoms with Crippen LogP contribution in [0.15, 0.2) is 48.1 Å². The molecular weight excluding hydrogens is 413 g/mol. The van der Waals surface area contributed by atoms with E-state index in [1.807, 2.05) is 13.0 Å². The molecular formula is C23H23F3O5. The van der Waals surface area contributed by atoms with Gasteiger partial charge in [-0.25, -0.2) is 9.59 Å². The van der Waals surface area contributed by atoms with Gasteiger partial charge >= 0.3 is 18.1 Å². The molecule has 0 spiro atoms. The largest absolute Gasteiger partial charge is 0.458 e. The van der Waals surface area contributed by atoms with E-state index in [-0.39, 0.29) is 35.9 Å². The normalized spacial score (nSPS) is 30.6. The summed E-state index contributed by atoms with van der Waals surface area (Å²) in [4.78, 5) is 24.3. The fourth-order valence-corrected chi connectivity index (χ4v) is 4.29. The first-order valence-electron chi connectivity index (χ1n) is 10.2. The summed E-state index contributed by atoms with van der Waals surface area (Å²) in [5, 5.41) is 0. The lowest BCUT2D eigenvalue weighted by atomic mass is 9.84. The lowest BCUT2D eigenvalue weighted by Gasteiger charge is -2.20. The van der Waals surface area contributed by atoms with Crippen LogP contribution in [0.2, 0.25) is 0 Å². The Hall–Kier alpha value is -2.61. The Kier molecular flexibility index (Phi) is 5.45. The van der Waals surface area contributed by atoms with Crippen LogP contribution in [0.3, 0.4) is 0 Å². The maximum absolute atomic E-state index is 12.7. The minimum absolute atomic E-state index is 0.0273. The van der Waals surface area contributed by atoms with E-state index in [0.717, 1.165) is 36.3 Å². The predicted octanol–water partition coefficient (Wildman–Crippen LogP) is 4.62. The number of carbonyl (C=O) groups excluding carboxylic acids is 2. The molecule has 1 aromatic rings. The van der Waals surface area contributed by atoms with Crippen LogP contribution in [0, 0.1) is 5.92 Å². The molecule has 31 heavy (non-hydrogen) atoms. The molecule has 2 fully saturated rings. The van der Waals surface area contributed by atoms with Gasteiger partial charge in [0.25, 0.3) is 0 Å². The number of benzene rings is 1. The highest BCUT2D eigenvalue weighted by atomic mass is 19.4. The van der Waals surface area contributed by atoms with Gasteiger partial charge in [0.2, 0.25) is 0 Å². The standard InChI is InChI=1S/C23H23F3O5/c1-13-17-10-5-14(4-3-11-22(2)19(31-22)18(17)30-20(13)27)12-29-21(28)15-6-8-16(9-7-15)23(24,25)26/h4,6-9,17-19H,1,3,5,10-12H2,2H3/t17-,18-,19+,22+/m0/s1. The van der Waals surface area contributed by atoms with Gasteiger partial charge in [0, 0.05) is 11.5 Å². The van der Waals surface area contributed by atoms with Crippen molar-refractivity contribution in [2.24, 2.45) is 5.92 Å². The molecule has 2 heterocycles. The van der Waals surface area contributed by atoms with Gasteiger partial charge in [-0.05, 0) is 62.4 Å². The molecule has 2 aliphatic heterocycles. The summed E-state index contributed by atoms with van der Waals surface area (Å²) in [6.45, 7) is 5.89. The number of ether oxygens (including phenoxy) is 3. The predicted molar refractivity (Wildman–Crippen MR) is 104 cm³/mol. The Bertz CT molecular complexity index is 934. The summed E-state index contributed by atoms with van der Waals surface area (Å²) >= 11 is 0. The van der Waals surface area contributed by atoms with E-state index < -0.39 is 23.7 Å². The van der Waals surface area contributed by atoms with Crippen LogP contribution in [0.5, 0.6) is 0 Å². The first-order chi connectivity index (χ1) is 14.6. The Labute approximate surface area is 177 Å². The van der Waals surface area contributed by atoms with Crippen molar-refractivity contribution in [2.45, 2.75) is 56.6 Å². The molecule has 0 aromatic heterocycles. The molecule has 1 aliphatic carbocycles. The van der Waals surface area contributed by atoms with Gasteiger partial charge in [0.05, 0.1) is 16.7 Å². The SMILES string of the molecule is C=C1C(=O)O[C@@H]2[C@H]3O[C@]3(C)CCC=C(COC(=O)c3ccc(C(F)(F)F)cc3)CC[C@@H]12. The molecule has 2 saturated heterocycles. The number of rotatable bonds is 3. The Morgan fingerprint density at radius 2 is 2.00 bits per heavy atom. The smallest absolute Gasteiger partial charge is 0.416 e. The van der Waals surface area contributed by atoms with E-state index in [9.17, 15) is 22.8 Å². The average Bonchev–Trinajstić information content (AvgIpc) is 3.31. The lowest BCUT2D eigenvalue weighted by Crippen LogP contribution is -2.29. The van der Waals surface area contributed by atoms with Gasteiger partial charge in [-0.2, -0.15) is 13.2 Å². The number of alkyl halides is 3. The van der Waals surface area contributed by atoms with Crippen molar-refractivity contribution in [3.05, 3.63) is 59.2 Å². The van der Waals surface area contributed by atoms with Crippen LogP contribution in [-0.2, 0) is 25.2 Å². The molecule has 0 N–H and O–H groups in total. The van der Waals surface area contributed by atoms with Gasteiger partial charge in [0.15, 0.2) is 0 Å². The molecule has 0 saturated carbocycles. The zero-order chi connectivity index (χ0) is 22.4. The summed E-state index contributed by atoms with van der Waals surface area (Å²) in [5.74, 6) is -1.25. The number of allylic oxidation sites excluding steroid dienone is 1. The second kappa shape index (κ2) is 7.82. The molecule has 3 aliphatic rings. The number of halogens is 3. The molecule has 8 heteroatoms. The maximum Gasteiger partial charge on any atom is 0.416 e. The zero-order valence-corrected chi connectivity index (χ0v) is 17.0. The molecule has 1 aromatic carbocycles. The van der Waals surface area contributed by atoms with Crippen molar-refractivity contribution in [3.8, 4) is 0 Å². The first kappa shape index (κ1) is 21.6. The van der Waals surface area contributed by atoms with Crippen LogP contribution in [0.4, 0.5) is 13.2 Å². The molecule has 5 nitrogen and oxygen atoms in total. The number of esters is 2. The van der Waals surface area contributed by atoms with E-state index >= 15 is 0 Å². The van der Waals surface area contributed by atoms with E-state index in [2.05, 4.69) is 6.58 Å². The number of hydrogen-bond donors (Lipinski definition) is 0. The molecule has 4 rings (SSSR count). The summed E-state index contributed by atoms with van der Waals surface area (Å²) in [6.07, 6.45) is -0.294. The van der Waals surface area contributed by atoms with Gasteiger partial charge in [-0.3, -0.25) is 0 Å². The molecule has 166 valence electrons. The topological polar surface area (TPSA) is 65.1 Å². The number of epoxide rings is 1. The highest BCUT2D eigenvalue weighted by Gasteiger charge is 2.61. The Morgan fingerprint density at radius 1 is 1.29 bits per heavy atom. The van der Waals surface area contributed by atoms with Gasteiger partial charge < -0.3 is 14.2 Å². The lowest BCUT2D eigenvalue weighted by molar-refractivity contribution is -0.140. The summed E-state index contributed by atoms with van der Waals surface area (Å²) in [5.41, 5.74) is 0.192. The third kappa shape index (κ3) is 4.39. The van der Waals surface area contributed by atoms with Crippen LogP contribution in [0.1, 0.15) is 48.5 Å². The molecule has 0 unspecified atom stereocenters. The number of hydrogen-bond acceptors (Lipinski definition) is 5. The monoisotopic (exact) mass is 436 g/mol. The highest BCUT2D eigenvalue weighted by molar-refractivity contribution is 5.91. The Balaban J connectivity index is 1.41. The van der Waals surface area contributed by atoms with Crippen molar-refractivity contribution in [2.75, 3.05) is 6.61 Å². The third-order valence-corrected chi connectivity index (χ3v) is 6.28. The van der Waals surface area contributed by atoms with Gasteiger partial charge in [-0.1, -0.05) is 12.7 Å². The van der Waals surface area contributed by atoms with Crippen LogP contribution >= 0.6 is 0 Å². The fraction of sp³-hybridized carbons (Fsp3) is 0.478. The van der Waals surface area contributed by atoms with Crippen LogP contribution < -0.4 is 0 Å². The average molecular weight is 436 g/mol. The third-order valence-electron chi connectivity index (χ3n) is 6.28. The quantitative estimate of drug-likeness (QED) is 0.300. The number of fused-ring (bicyclic) bond motifs is 3. The van der Waals surface area contributed by atoms with Crippen molar-refractivity contribution < 1.29 is 37.0 Å². The maximum atomic E-state index is 12.7. The molecule has 0 radical (unpaired) electrons. The van der Waals surface area contributed by atoms with Crippen molar-refractivity contribution >= 4 is 11.9 Å². The highest BCUT2D eigenvalue weighted by Crippen LogP contribution is 2.49. The minimum Gasteiger partial charge on any atom is -0.458 e. The first-order valence-corrected chi connectivity index (χ1v) is 10.2. The summed E-state index contributed by atoms with van der Waals surface area (Å²) in [6, 6.07) is 3.92. The van der Waals surface area contributed by atoms with Crippen molar-refractivity contribution in [1.82, 2.24) is 0 Å². The zero-order valence-electron chi connectivity index (χ0n) is 17.0. The van der Waals surface area contributed by atoms with E-state index in [0.29, 0.717) is 24.8 Å². The van der Waals surface area contributed by atoms with Crippen molar-refractivity contribution in [1.29, 1.82) is 0 Å². The molecule has 0 amide bonds. The van der Waals surface area contributed by atoms with Crippen LogP contribution in [-0.4, -0.2) is 36.4 Å². The summed E-state index contributed by atoms with van der Waals surface area (Å²) < 4.78 is 54.7. The van der Waals surface area contributed by atoms with Gasteiger partial charge in [0.1, 0.15) is 18.8 Å². The van der Waals surface area contributed by atoms with E-state index in [1.54, 1.807) is 0 Å². The summed E-state index contributed by atoms with van der Waals surface area (Å²) in [7, 11) is 0.